The Morgan fingerprint density at radius 1 is 1.29 bits per heavy atom. The first-order valence-electron chi connectivity index (χ1n) is 6.18. The minimum atomic E-state index is -3.67. The number of hydrogen-bond acceptors (Lipinski definition) is 6. The molecule has 1 amide bonds. The van der Waals surface area contributed by atoms with Crippen LogP contribution in [0.3, 0.4) is 0 Å². The Morgan fingerprint density at radius 2 is 1.95 bits per heavy atom. The Balaban J connectivity index is 2.64. The van der Waals surface area contributed by atoms with Crippen LogP contribution in [0.5, 0.6) is 0 Å². The number of amides is 1. The van der Waals surface area contributed by atoms with E-state index in [0.717, 1.165) is 20.5 Å². The second kappa shape index (κ2) is 7.53. The van der Waals surface area contributed by atoms with Crippen molar-refractivity contribution in [3.63, 3.8) is 0 Å². The van der Waals surface area contributed by atoms with Gasteiger partial charge < -0.3 is 9.64 Å². The summed E-state index contributed by atoms with van der Waals surface area (Å²) in [6, 6.07) is 3.10. The largest absolute Gasteiger partial charge is 0.465 e. The third-order valence-electron chi connectivity index (χ3n) is 2.61. The molecule has 0 N–H and O–H groups in total. The number of esters is 1. The highest BCUT2D eigenvalue weighted by molar-refractivity contribution is 7.91. The van der Waals surface area contributed by atoms with Crippen molar-refractivity contribution >= 4 is 33.2 Å². The van der Waals surface area contributed by atoms with Crippen LogP contribution in [-0.4, -0.2) is 63.3 Å². The van der Waals surface area contributed by atoms with Gasteiger partial charge in [-0.1, -0.05) is 6.07 Å². The minimum Gasteiger partial charge on any atom is -0.465 e. The van der Waals surface area contributed by atoms with Gasteiger partial charge in [0.1, 0.15) is 10.8 Å². The molecule has 9 heteroatoms. The summed E-state index contributed by atoms with van der Waals surface area (Å²) < 4.78 is 30.2. The fourth-order valence-corrected chi connectivity index (χ4v) is 3.77. The lowest BCUT2D eigenvalue weighted by atomic mass is 10.5. The summed E-state index contributed by atoms with van der Waals surface area (Å²) in [5.41, 5.74) is 0. The number of hydrogen-bond donors (Lipinski definition) is 0. The average Bonchev–Trinajstić information content (AvgIpc) is 2.93. The van der Waals surface area contributed by atoms with E-state index in [1.165, 1.54) is 20.2 Å². The zero-order valence-electron chi connectivity index (χ0n) is 12.1. The number of likely N-dealkylation sites (N-methyl/N-ethyl adjacent to an activating group) is 2. The standard InChI is InChI=1S/C12H18N2O5S2/c1-4-19-11(16)9-13(2)10(15)8-14(3)21(17,18)12-6-5-7-20-12/h5-7H,4,8-9H2,1-3H3. The molecule has 0 aliphatic heterocycles. The Kier molecular flexibility index (Phi) is 6.31. The Bertz CT molecular complexity index is 583. The number of rotatable bonds is 7. The van der Waals surface area contributed by atoms with E-state index in [0.29, 0.717) is 0 Å². The van der Waals surface area contributed by atoms with Crippen molar-refractivity contribution in [2.75, 3.05) is 33.8 Å². The van der Waals surface area contributed by atoms with Gasteiger partial charge in [0.05, 0.1) is 13.2 Å². The topological polar surface area (TPSA) is 84.0 Å². The Morgan fingerprint density at radius 3 is 2.48 bits per heavy atom. The van der Waals surface area contributed by atoms with Crippen LogP contribution in [-0.2, 0) is 24.3 Å². The molecule has 0 saturated heterocycles. The number of carbonyl (C=O) groups is 2. The van der Waals surface area contributed by atoms with Gasteiger partial charge in [0.2, 0.25) is 5.91 Å². The molecule has 7 nitrogen and oxygen atoms in total. The number of ether oxygens (including phenoxy) is 1. The second-order valence-electron chi connectivity index (χ2n) is 4.25. The molecule has 0 aliphatic rings. The molecular formula is C12H18N2O5S2. The fourth-order valence-electron chi connectivity index (χ4n) is 1.45. The van der Waals surface area contributed by atoms with Crippen molar-refractivity contribution in [1.29, 1.82) is 0 Å². The van der Waals surface area contributed by atoms with E-state index in [2.05, 4.69) is 0 Å². The molecule has 0 aromatic carbocycles. The van der Waals surface area contributed by atoms with E-state index in [9.17, 15) is 18.0 Å². The van der Waals surface area contributed by atoms with Crippen LogP contribution in [0.4, 0.5) is 0 Å². The van der Waals surface area contributed by atoms with Crippen LogP contribution >= 0.6 is 11.3 Å². The third kappa shape index (κ3) is 4.80. The molecular weight excluding hydrogens is 316 g/mol. The molecule has 0 saturated carbocycles. The molecule has 0 bridgehead atoms. The van der Waals surface area contributed by atoms with E-state index in [4.69, 9.17) is 4.74 Å². The number of thiophene rings is 1. The van der Waals surface area contributed by atoms with Crippen molar-refractivity contribution < 1.29 is 22.7 Å². The summed E-state index contributed by atoms with van der Waals surface area (Å²) >= 11 is 1.08. The van der Waals surface area contributed by atoms with Crippen LogP contribution < -0.4 is 0 Å². The van der Waals surface area contributed by atoms with Gasteiger partial charge >= 0.3 is 5.97 Å². The molecule has 0 fully saturated rings. The van der Waals surface area contributed by atoms with Crippen molar-refractivity contribution in [2.45, 2.75) is 11.1 Å². The van der Waals surface area contributed by atoms with Gasteiger partial charge in [-0.3, -0.25) is 9.59 Å². The molecule has 21 heavy (non-hydrogen) atoms. The van der Waals surface area contributed by atoms with Gasteiger partial charge in [-0.05, 0) is 18.4 Å². The van der Waals surface area contributed by atoms with Gasteiger partial charge in [0.25, 0.3) is 10.0 Å². The predicted octanol–water partition coefficient (Wildman–Crippen LogP) is 0.390. The summed E-state index contributed by atoms with van der Waals surface area (Å²) in [7, 11) is -0.929. The molecule has 0 aliphatic carbocycles. The summed E-state index contributed by atoms with van der Waals surface area (Å²) in [6.45, 7) is 1.35. The maximum absolute atomic E-state index is 12.2. The molecule has 0 spiro atoms. The molecule has 0 unspecified atom stereocenters. The highest BCUT2D eigenvalue weighted by atomic mass is 32.2. The first-order valence-corrected chi connectivity index (χ1v) is 8.50. The van der Waals surface area contributed by atoms with E-state index < -0.39 is 21.9 Å². The Hall–Kier alpha value is -1.45. The number of sulfonamides is 1. The first-order chi connectivity index (χ1) is 9.78. The third-order valence-corrected chi connectivity index (χ3v) is 5.79. The van der Waals surface area contributed by atoms with Crippen molar-refractivity contribution in [2.24, 2.45) is 0 Å². The monoisotopic (exact) mass is 334 g/mol. The molecule has 1 aromatic heterocycles. The van der Waals surface area contributed by atoms with Gasteiger partial charge in [-0.15, -0.1) is 11.3 Å². The van der Waals surface area contributed by atoms with E-state index in [1.54, 1.807) is 18.4 Å². The number of nitrogens with zero attached hydrogens (tertiary/aromatic N) is 2. The predicted molar refractivity (Wildman–Crippen MR) is 78.4 cm³/mol. The van der Waals surface area contributed by atoms with Crippen molar-refractivity contribution in [3.05, 3.63) is 17.5 Å². The fraction of sp³-hybridized carbons (Fsp3) is 0.500. The summed E-state index contributed by atoms with van der Waals surface area (Å²) in [5, 5.41) is 1.65. The van der Waals surface area contributed by atoms with Gasteiger partial charge in [-0.25, -0.2) is 8.42 Å². The average molecular weight is 334 g/mol. The molecule has 1 rings (SSSR count). The van der Waals surface area contributed by atoms with E-state index in [-0.39, 0.29) is 23.9 Å². The van der Waals surface area contributed by atoms with Gasteiger partial charge in [0.15, 0.2) is 0 Å². The Labute approximate surface area is 128 Å². The van der Waals surface area contributed by atoms with Crippen LogP contribution in [0.15, 0.2) is 21.7 Å². The normalized spacial score (nSPS) is 11.4. The SMILES string of the molecule is CCOC(=O)CN(C)C(=O)CN(C)S(=O)(=O)c1cccs1. The van der Waals surface area contributed by atoms with Crippen LogP contribution in [0.2, 0.25) is 0 Å². The van der Waals surface area contributed by atoms with Crippen molar-refractivity contribution in [3.8, 4) is 0 Å². The minimum absolute atomic E-state index is 0.172. The summed E-state index contributed by atoms with van der Waals surface area (Å²) in [6.07, 6.45) is 0. The van der Waals surface area contributed by atoms with Crippen LogP contribution in [0, 0.1) is 0 Å². The maximum Gasteiger partial charge on any atom is 0.325 e. The molecule has 0 atom stereocenters. The zero-order valence-corrected chi connectivity index (χ0v) is 13.7. The highest BCUT2D eigenvalue weighted by Crippen LogP contribution is 2.19. The zero-order chi connectivity index (χ0) is 16.0. The van der Waals surface area contributed by atoms with Crippen LogP contribution in [0.25, 0.3) is 0 Å². The van der Waals surface area contributed by atoms with Gasteiger partial charge in [0, 0.05) is 14.1 Å². The molecule has 0 radical (unpaired) electrons. The molecule has 1 heterocycles. The summed E-state index contributed by atoms with van der Waals surface area (Å²) in [5.74, 6) is -1.01. The van der Waals surface area contributed by atoms with E-state index >= 15 is 0 Å². The molecule has 118 valence electrons. The van der Waals surface area contributed by atoms with Crippen LogP contribution in [0.1, 0.15) is 6.92 Å². The highest BCUT2D eigenvalue weighted by Gasteiger charge is 2.25. The van der Waals surface area contributed by atoms with Gasteiger partial charge in [-0.2, -0.15) is 4.31 Å². The lowest BCUT2D eigenvalue weighted by molar-refractivity contribution is -0.148. The lowest BCUT2D eigenvalue weighted by Crippen LogP contribution is -2.41. The number of carbonyl (C=O) groups excluding carboxylic acids is 2. The maximum atomic E-state index is 12.2. The first kappa shape index (κ1) is 17.6. The smallest absolute Gasteiger partial charge is 0.325 e. The van der Waals surface area contributed by atoms with E-state index in [1.807, 2.05) is 0 Å². The van der Waals surface area contributed by atoms with Crippen molar-refractivity contribution in [1.82, 2.24) is 9.21 Å². The molecule has 1 aromatic rings. The lowest BCUT2D eigenvalue weighted by Gasteiger charge is -2.20. The summed E-state index contributed by atoms with van der Waals surface area (Å²) in [4.78, 5) is 24.3. The second-order valence-corrected chi connectivity index (χ2v) is 7.47. The quantitative estimate of drug-likeness (QED) is 0.674.